The van der Waals surface area contributed by atoms with Crippen LogP contribution in [0.5, 0.6) is 0 Å². The van der Waals surface area contributed by atoms with Crippen molar-refractivity contribution in [2.75, 3.05) is 11.5 Å². The van der Waals surface area contributed by atoms with Gasteiger partial charge in [-0.1, -0.05) is 11.8 Å². The van der Waals surface area contributed by atoms with Gasteiger partial charge in [0.05, 0.1) is 11.8 Å². The Kier molecular flexibility index (Phi) is 5.45. The monoisotopic (exact) mass is 366 g/mol. The fourth-order valence-corrected chi connectivity index (χ4v) is 4.53. The van der Waals surface area contributed by atoms with Crippen LogP contribution in [0.1, 0.15) is 37.9 Å². The zero-order valence-corrected chi connectivity index (χ0v) is 15.2. The maximum absolute atomic E-state index is 13.5. The molecule has 0 fully saturated rings. The number of benzene rings is 1. The lowest BCUT2D eigenvalue weighted by molar-refractivity contribution is -0.119. The van der Waals surface area contributed by atoms with Crippen molar-refractivity contribution in [1.82, 2.24) is 20.1 Å². The highest BCUT2D eigenvalue weighted by Gasteiger charge is 2.23. The molecular weight excluding hydrogens is 347 g/mol. The first-order valence-electron chi connectivity index (χ1n) is 7.78. The third-order valence-corrected chi connectivity index (χ3v) is 5.86. The van der Waals surface area contributed by atoms with E-state index in [0.29, 0.717) is 0 Å². The predicted octanol–water partition coefficient (Wildman–Crippen LogP) is 3.44. The van der Waals surface area contributed by atoms with Gasteiger partial charge in [-0.15, -0.1) is 22.0 Å². The third kappa shape index (κ3) is 3.92. The molecule has 0 saturated carbocycles. The molecule has 1 aliphatic rings. The number of hydrogen-bond donors (Lipinski definition) is 1. The highest BCUT2D eigenvalue weighted by Crippen LogP contribution is 2.36. The first-order valence-corrected chi connectivity index (χ1v) is 9.75. The van der Waals surface area contributed by atoms with Crippen LogP contribution in [0.25, 0.3) is 0 Å². The molecule has 0 bridgehead atoms. The molecule has 1 aromatic carbocycles. The molecule has 128 valence electrons. The Morgan fingerprint density at radius 2 is 2.38 bits per heavy atom. The normalized spacial score (nSPS) is 16.9. The molecule has 1 aromatic heterocycles. The number of hydrogen-bond acceptors (Lipinski definition) is 5. The van der Waals surface area contributed by atoms with Gasteiger partial charge in [0.1, 0.15) is 12.1 Å². The van der Waals surface area contributed by atoms with Gasteiger partial charge in [0.25, 0.3) is 0 Å². The molecular formula is C16H19FN4OS2. The number of nitrogens with one attached hydrogen (secondary N) is 1. The number of halogens is 1. The summed E-state index contributed by atoms with van der Waals surface area (Å²) < 4.78 is 15.4. The summed E-state index contributed by atoms with van der Waals surface area (Å²) in [6, 6.07) is 4.89. The molecule has 0 radical (unpaired) electrons. The zero-order chi connectivity index (χ0) is 17.1. The number of rotatable bonds is 5. The van der Waals surface area contributed by atoms with Crippen LogP contribution in [-0.2, 0) is 4.79 Å². The molecule has 1 atom stereocenters. The van der Waals surface area contributed by atoms with Crippen LogP contribution >= 0.6 is 23.5 Å². The van der Waals surface area contributed by atoms with Crippen molar-refractivity contribution < 1.29 is 9.18 Å². The van der Waals surface area contributed by atoms with Crippen LogP contribution in [0.3, 0.4) is 0 Å². The summed E-state index contributed by atoms with van der Waals surface area (Å²) in [5, 5.41) is 11.7. The number of aromatic nitrogens is 3. The van der Waals surface area contributed by atoms with Crippen molar-refractivity contribution in [3.8, 4) is 0 Å². The fourth-order valence-electron chi connectivity index (χ4n) is 2.57. The van der Waals surface area contributed by atoms with Crippen molar-refractivity contribution >= 4 is 29.4 Å². The van der Waals surface area contributed by atoms with Gasteiger partial charge in [0, 0.05) is 16.7 Å². The molecule has 3 rings (SSSR count). The first kappa shape index (κ1) is 17.3. The van der Waals surface area contributed by atoms with E-state index < -0.39 is 0 Å². The molecule has 24 heavy (non-hydrogen) atoms. The lowest BCUT2D eigenvalue weighted by Crippen LogP contribution is -2.32. The summed E-state index contributed by atoms with van der Waals surface area (Å²) in [4.78, 5) is 13.3. The minimum Gasteiger partial charge on any atom is -0.348 e. The minimum atomic E-state index is -0.269. The van der Waals surface area contributed by atoms with Gasteiger partial charge in [-0.2, -0.15) is 0 Å². The average Bonchev–Trinajstić information content (AvgIpc) is 3.02. The van der Waals surface area contributed by atoms with Gasteiger partial charge >= 0.3 is 0 Å². The van der Waals surface area contributed by atoms with Crippen LogP contribution in [0.4, 0.5) is 4.39 Å². The average molecular weight is 366 g/mol. The van der Waals surface area contributed by atoms with E-state index in [2.05, 4.69) is 15.5 Å². The van der Waals surface area contributed by atoms with E-state index in [-0.39, 0.29) is 29.6 Å². The lowest BCUT2D eigenvalue weighted by atomic mass is 10.0. The van der Waals surface area contributed by atoms with Crippen molar-refractivity contribution in [2.24, 2.45) is 0 Å². The lowest BCUT2D eigenvalue weighted by Gasteiger charge is -2.26. The highest BCUT2D eigenvalue weighted by molar-refractivity contribution is 7.99. The van der Waals surface area contributed by atoms with E-state index >= 15 is 0 Å². The number of carbonyl (C=O) groups excluding carboxylic acids is 1. The van der Waals surface area contributed by atoms with Gasteiger partial charge in [0.2, 0.25) is 5.91 Å². The summed E-state index contributed by atoms with van der Waals surface area (Å²) >= 11 is 3.06. The number of carbonyl (C=O) groups is 1. The molecule has 8 heteroatoms. The van der Waals surface area contributed by atoms with Gasteiger partial charge in [-0.25, -0.2) is 4.39 Å². The fraction of sp³-hybridized carbons (Fsp3) is 0.438. The van der Waals surface area contributed by atoms with Crippen LogP contribution in [0, 0.1) is 5.82 Å². The molecule has 5 nitrogen and oxygen atoms in total. The second-order valence-corrected chi connectivity index (χ2v) is 7.92. The number of fused-ring (bicyclic) bond motifs is 1. The summed E-state index contributed by atoms with van der Waals surface area (Å²) in [6.07, 6.45) is 2.47. The smallest absolute Gasteiger partial charge is 0.230 e. The van der Waals surface area contributed by atoms with Crippen LogP contribution in [-0.4, -0.2) is 32.2 Å². The Labute approximate surface area is 148 Å². The number of amides is 1. The summed E-state index contributed by atoms with van der Waals surface area (Å²) in [7, 11) is 0. The molecule has 2 aromatic rings. The first-order chi connectivity index (χ1) is 11.5. The van der Waals surface area contributed by atoms with E-state index in [1.165, 1.54) is 23.9 Å². The Hall–Kier alpha value is -1.54. The van der Waals surface area contributed by atoms with Crippen molar-refractivity contribution in [1.29, 1.82) is 0 Å². The maximum atomic E-state index is 13.5. The van der Waals surface area contributed by atoms with Gasteiger partial charge in [0.15, 0.2) is 5.16 Å². The van der Waals surface area contributed by atoms with Crippen molar-refractivity contribution in [2.45, 2.75) is 42.4 Å². The second kappa shape index (κ2) is 7.57. The number of nitrogens with zero attached hydrogens (tertiary/aromatic N) is 3. The van der Waals surface area contributed by atoms with E-state index in [4.69, 9.17) is 0 Å². The van der Waals surface area contributed by atoms with E-state index in [1.54, 1.807) is 24.2 Å². The SMILES string of the molecule is CC(C)n1cnnc1SCC(=O)NC1CCSc2ccc(F)cc21. The zero-order valence-electron chi connectivity index (χ0n) is 13.5. The quantitative estimate of drug-likeness (QED) is 0.822. The van der Waals surface area contributed by atoms with Crippen LogP contribution in [0.15, 0.2) is 34.6 Å². The minimum absolute atomic E-state index is 0.0783. The topological polar surface area (TPSA) is 59.8 Å². The molecule has 1 unspecified atom stereocenters. The van der Waals surface area contributed by atoms with Gasteiger partial charge in [-0.05, 0) is 44.0 Å². The molecule has 1 aliphatic heterocycles. The summed E-state index contributed by atoms with van der Waals surface area (Å²) in [5.74, 6) is 0.832. The molecule has 0 spiro atoms. The molecule has 1 amide bonds. The second-order valence-electron chi connectivity index (χ2n) is 5.84. The van der Waals surface area contributed by atoms with E-state index in [9.17, 15) is 9.18 Å². The summed E-state index contributed by atoms with van der Waals surface area (Å²) in [6.45, 7) is 4.08. The largest absolute Gasteiger partial charge is 0.348 e. The van der Waals surface area contributed by atoms with Crippen molar-refractivity contribution in [3.05, 3.63) is 35.9 Å². The molecule has 0 saturated heterocycles. The third-order valence-electron chi connectivity index (χ3n) is 3.78. The number of thioether (sulfide) groups is 2. The van der Waals surface area contributed by atoms with E-state index in [0.717, 1.165) is 27.8 Å². The highest BCUT2D eigenvalue weighted by atomic mass is 32.2. The molecule has 0 aliphatic carbocycles. The van der Waals surface area contributed by atoms with Crippen molar-refractivity contribution in [3.63, 3.8) is 0 Å². The maximum Gasteiger partial charge on any atom is 0.230 e. The Morgan fingerprint density at radius 3 is 3.17 bits per heavy atom. The van der Waals surface area contributed by atoms with Crippen LogP contribution < -0.4 is 5.32 Å². The Balaban J connectivity index is 1.62. The Bertz CT molecular complexity index is 735. The van der Waals surface area contributed by atoms with Crippen LogP contribution in [0.2, 0.25) is 0 Å². The van der Waals surface area contributed by atoms with Gasteiger partial charge < -0.3 is 9.88 Å². The van der Waals surface area contributed by atoms with E-state index in [1.807, 2.05) is 18.4 Å². The summed E-state index contributed by atoms with van der Waals surface area (Å²) in [5.41, 5.74) is 0.870. The standard InChI is InChI=1S/C16H19FN4OS2/c1-10(2)21-9-18-20-16(21)24-8-15(22)19-13-5-6-23-14-4-3-11(17)7-12(13)14/h3-4,7,9-10,13H,5-6,8H2,1-2H3,(H,19,22). The molecule has 1 N–H and O–H groups in total. The molecule has 2 heterocycles. The predicted molar refractivity (Wildman–Crippen MR) is 93.8 cm³/mol. The van der Waals surface area contributed by atoms with Gasteiger partial charge in [-0.3, -0.25) is 4.79 Å². The Morgan fingerprint density at radius 1 is 1.54 bits per heavy atom.